The van der Waals surface area contributed by atoms with Crippen LogP contribution in [0, 0.1) is 12.7 Å². The van der Waals surface area contributed by atoms with E-state index in [9.17, 15) is 19.1 Å². The Hall–Kier alpha value is -3.21. The number of carbonyl (C=O) groups is 2. The Morgan fingerprint density at radius 2 is 1.92 bits per heavy atom. The normalized spacial score (nSPS) is 19.0. The first-order chi connectivity index (χ1) is 12.4. The summed E-state index contributed by atoms with van der Waals surface area (Å²) in [6.45, 7) is 5.62. The van der Waals surface area contributed by atoms with Crippen LogP contribution in [0.1, 0.15) is 22.7 Å². The summed E-state index contributed by atoms with van der Waals surface area (Å²) in [6.07, 6.45) is 1.49. The molecule has 1 fully saturated rings. The van der Waals surface area contributed by atoms with Crippen molar-refractivity contribution in [3.8, 4) is 0 Å². The van der Waals surface area contributed by atoms with E-state index < -0.39 is 23.5 Å². The van der Waals surface area contributed by atoms with Gasteiger partial charge in [0.15, 0.2) is 0 Å². The molecule has 5 heteroatoms. The fraction of sp³-hybridized carbons (Fsp3) is 0.143. The van der Waals surface area contributed by atoms with Crippen molar-refractivity contribution in [2.45, 2.75) is 13.0 Å². The van der Waals surface area contributed by atoms with Crippen molar-refractivity contribution in [3.63, 3.8) is 0 Å². The number of likely N-dealkylation sites (tertiary alicyclic amines) is 1. The summed E-state index contributed by atoms with van der Waals surface area (Å²) in [5.74, 6) is -2.29. The van der Waals surface area contributed by atoms with Gasteiger partial charge >= 0.3 is 0 Å². The first kappa shape index (κ1) is 17.6. The van der Waals surface area contributed by atoms with E-state index >= 15 is 0 Å². The lowest BCUT2D eigenvalue weighted by Gasteiger charge is -2.24. The van der Waals surface area contributed by atoms with Crippen molar-refractivity contribution in [1.29, 1.82) is 0 Å². The first-order valence-corrected chi connectivity index (χ1v) is 8.16. The van der Waals surface area contributed by atoms with E-state index in [-0.39, 0.29) is 17.9 Å². The van der Waals surface area contributed by atoms with Gasteiger partial charge in [-0.25, -0.2) is 4.39 Å². The minimum absolute atomic E-state index is 0.0497. The van der Waals surface area contributed by atoms with Crippen LogP contribution >= 0.6 is 0 Å². The number of nitrogens with zero attached hydrogens (tertiary/aromatic N) is 1. The number of aliphatic hydroxyl groups is 1. The number of hydrogen-bond acceptors (Lipinski definition) is 3. The number of benzene rings is 2. The van der Waals surface area contributed by atoms with E-state index in [1.807, 2.05) is 6.92 Å². The lowest BCUT2D eigenvalue weighted by molar-refractivity contribution is -0.139. The van der Waals surface area contributed by atoms with Crippen LogP contribution in [0.5, 0.6) is 0 Å². The Morgan fingerprint density at radius 1 is 1.23 bits per heavy atom. The molecule has 2 aromatic carbocycles. The van der Waals surface area contributed by atoms with E-state index in [1.165, 1.54) is 29.2 Å². The van der Waals surface area contributed by atoms with Gasteiger partial charge in [0.05, 0.1) is 11.6 Å². The van der Waals surface area contributed by atoms with Gasteiger partial charge in [0, 0.05) is 12.1 Å². The summed E-state index contributed by atoms with van der Waals surface area (Å²) >= 11 is 0. The quantitative estimate of drug-likeness (QED) is 0.395. The zero-order valence-corrected chi connectivity index (χ0v) is 14.3. The Balaban J connectivity index is 2.21. The molecule has 3 rings (SSSR count). The number of halogens is 1. The van der Waals surface area contributed by atoms with Crippen LogP contribution in [0.3, 0.4) is 0 Å². The Bertz CT molecular complexity index is 915. The number of rotatable bonds is 4. The number of hydrogen-bond donors (Lipinski definition) is 1. The number of carbonyl (C=O) groups excluding carboxylic acids is 2. The molecule has 1 aliphatic rings. The zero-order chi connectivity index (χ0) is 18.8. The molecular formula is C21H18FNO3. The Labute approximate surface area is 150 Å². The second-order valence-corrected chi connectivity index (χ2v) is 6.16. The van der Waals surface area contributed by atoms with E-state index in [2.05, 4.69) is 6.58 Å². The predicted molar refractivity (Wildman–Crippen MR) is 96.8 cm³/mol. The molecule has 0 saturated carbocycles. The van der Waals surface area contributed by atoms with Crippen molar-refractivity contribution in [1.82, 2.24) is 4.90 Å². The number of amides is 1. The molecule has 1 unspecified atom stereocenters. The largest absolute Gasteiger partial charge is 0.507 e. The van der Waals surface area contributed by atoms with Gasteiger partial charge in [-0.05, 0) is 24.6 Å². The zero-order valence-electron chi connectivity index (χ0n) is 14.3. The molecular weight excluding hydrogens is 333 g/mol. The van der Waals surface area contributed by atoms with Gasteiger partial charge in [-0.15, -0.1) is 6.58 Å². The van der Waals surface area contributed by atoms with Gasteiger partial charge in [-0.1, -0.05) is 48.0 Å². The number of aliphatic hydroxyl groups excluding tert-OH is 1. The standard InChI is InChI=1S/C21H18FNO3/c1-3-11-23-18(15-5-4-6-16(22)12-15)17(20(25)21(23)26)19(24)14-9-7-13(2)8-10-14/h3-10,12,18,24H,1,11H2,2H3. The summed E-state index contributed by atoms with van der Waals surface area (Å²) in [7, 11) is 0. The van der Waals surface area contributed by atoms with Gasteiger partial charge < -0.3 is 10.0 Å². The molecule has 132 valence electrons. The van der Waals surface area contributed by atoms with E-state index in [1.54, 1.807) is 30.3 Å². The van der Waals surface area contributed by atoms with Crippen LogP contribution in [-0.4, -0.2) is 28.2 Å². The van der Waals surface area contributed by atoms with Crippen LogP contribution in [0.15, 0.2) is 66.8 Å². The molecule has 1 saturated heterocycles. The predicted octanol–water partition coefficient (Wildman–Crippen LogP) is 3.74. The number of ketones is 1. The average molecular weight is 351 g/mol. The van der Waals surface area contributed by atoms with Crippen LogP contribution in [0.2, 0.25) is 0 Å². The minimum atomic E-state index is -0.870. The molecule has 0 aromatic heterocycles. The summed E-state index contributed by atoms with van der Waals surface area (Å²) in [4.78, 5) is 26.3. The maximum absolute atomic E-state index is 13.7. The molecule has 0 aliphatic carbocycles. The van der Waals surface area contributed by atoms with E-state index in [4.69, 9.17) is 0 Å². The second-order valence-electron chi connectivity index (χ2n) is 6.16. The molecule has 1 atom stereocenters. The highest BCUT2D eigenvalue weighted by Gasteiger charge is 2.45. The third kappa shape index (κ3) is 3.04. The fourth-order valence-corrected chi connectivity index (χ4v) is 3.10. The Kier molecular flexibility index (Phi) is 4.71. The van der Waals surface area contributed by atoms with Crippen molar-refractivity contribution in [3.05, 3.63) is 89.3 Å². The monoisotopic (exact) mass is 351 g/mol. The lowest BCUT2D eigenvalue weighted by Crippen LogP contribution is -2.29. The smallest absolute Gasteiger partial charge is 0.295 e. The molecule has 1 N–H and O–H groups in total. The summed E-state index contributed by atoms with van der Waals surface area (Å²) in [5, 5.41) is 10.7. The van der Waals surface area contributed by atoms with Crippen LogP contribution < -0.4 is 0 Å². The summed E-state index contributed by atoms with van der Waals surface area (Å²) in [6, 6.07) is 11.7. The summed E-state index contributed by atoms with van der Waals surface area (Å²) in [5.41, 5.74) is 1.79. The highest BCUT2D eigenvalue weighted by molar-refractivity contribution is 6.46. The maximum atomic E-state index is 13.7. The van der Waals surface area contributed by atoms with Gasteiger partial charge in [0.25, 0.3) is 11.7 Å². The third-order valence-corrected chi connectivity index (χ3v) is 4.36. The molecule has 2 aromatic rings. The Morgan fingerprint density at radius 3 is 2.54 bits per heavy atom. The van der Waals surface area contributed by atoms with Crippen molar-refractivity contribution >= 4 is 17.4 Å². The van der Waals surface area contributed by atoms with Crippen molar-refractivity contribution in [2.75, 3.05) is 6.54 Å². The van der Waals surface area contributed by atoms with Crippen LogP contribution in [-0.2, 0) is 9.59 Å². The number of aryl methyl sites for hydroxylation is 1. The molecule has 1 heterocycles. The second kappa shape index (κ2) is 6.96. The van der Waals surface area contributed by atoms with Gasteiger partial charge in [0.2, 0.25) is 0 Å². The summed E-state index contributed by atoms with van der Waals surface area (Å²) < 4.78 is 13.7. The molecule has 26 heavy (non-hydrogen) atoms. The van der Waals surface area contributed by atoms with Crippen molar-refractivity contribution in [2.24, 2.45) is 0 Å². The SMILES string of the molecule is C=CCN1C(=O)C(=O)C(=C(O)c2ccc(C)cc2)C1c1cccc(F)c1. The van der Waals surface area contributed by atoms with Gasteiger partial charge in [0.1, 0.15) is 11.6 Å². The van der Waals surface area contributed by atoms with E-state index in [0.717, 1.165) is 5.56 Å². The molecule has 0 spiro atoms. The first-order valence-electron chi connectivity index (χ1n) is 8.16. The fourth-order valence-electron chi connectivity index (χ4n) is 3.10. The van der Waals surface area contributed by atoms with Crippen LogP contribution in [0.4, 0.5) is 4.39 Å². The minimum Gasteiger partial charge on any atom is -0.507 e. The highest BCUT2D eigenvalue weighted by atomic mass is 19.1. The van der Waals surface area contributed by atoms with Gasteiger partial charge in [-0.2, -0.15) is 0 Å². The third-order valence-electron chi connectivity index (χ3n) is 4.36. The average Bonchev–Trinajstić information content (AvgIpc) is 2.87. The topological polar surface area (TPSA) is 57.6 Å². The van der Waals surface area contributed by atoms with Crippen molar-refractivity contribution < 1.29 is 19.1 Å². The molecule has 0 bridgehead atoms. The molecule has 0 radical (unpaired) electrons. The molecule has 1 aliphatic heterocycles. The highest BCUT2D eigenvalue weighted by Crippen LogP contribution is 2.39. The van der Waals surface area contributed by atoms with Gasteiger partial charge in [-0.3, -0.25) is 9.59 Å². The van der Waals surface area contributed by atoms with E-state index in [0.29, 0.717) is 11.1 Å². The maximum Gasteiger partial charge on any atom is 0.295 e. The number of Topliss-reactive ketones (excluding diaryl/α,β-unsaturated/α-hetero) is 1. The molecule has 1 amide bonds. The lowest BCUT2D eigenvalue weighted by atomic mass is 9.95. The van der Waals surface area contributed by atoms with Crippen LogP contribution in [0.25, 0.3) is 5.76 Å². The molecule has 4 nitrogen and oxygen atoms in total.